The van der Waals surface area contributed by atoms with Crippen molar-refractivity contribution in [3.8, 4) is 0 Å². The summed E-state index contributed by atoms with van der Waals surface area (Å²) in [5.41, 5.74) is 1.64. The number of benzene rings is 2. The molecule has 0 unspecified atom stereocenters. The van der Waals surface area contributed by atoms with E-state index in [1.807, 2.05) is 7.05 Å². The molecule has 2 fully saturated rings. The molecular weight excluding hydrogens is 548 g/mol. The highest BCUT2D eigenvalue weighted by Gasteiger charge is 2.50. The molecule has 9 nitrogen and oxygen atoms in total. The number of sulfonamides is 1. The first-order chi connectivity index (χ1) is 18.4. The van der Waals surface area contributed by atoms with Crippen LogP contribution in [0.15, 0.2) is 36.5 Å². The molecule has 1 aliphatic heterocycles. The maximum absolute atomic E-state index is 14.9. The minimum Gasteiger partial charge on any atom is -0.364 e. The number of piperazine rings is 1. The van der Waals surface area contributed by atoms with Crippen LogP contribution in [0.3, 0.4) is 0 Å². The van der Waals surface area contributed by atoms with E-state index in [9.17, 15) is 17.2 Å². The molecule has 3 aromatic rings. The second-order valence-electron chi connectivity index (χ2n) is 10.3. The van der Waals surface area contributed by atoms with E-state index >= 15 is 0 Å². The molecular formula is C26H30ClF2N7O2S. The Morgan fingerprint density at radius 1 is 1.00 bits per heavy atom. The molecule has 2 aromatic carbocycles. The van der Waals surface area contributed by atoms with Crippen molar-refractivity contribution in [3.63, 3.8) is 0 Å². The Labute approximate surface area is 231 Å². The van der Waals surface area contributed by atoms with Gasteiger partial charge < -0.3 is 20.4 Å². The van der Waals surface area contributed by atoms with E-state index < -0.39 is 26.4 Å². The molecule has 13 heteroatoms. The fourth-order valence-electron chi connectivity index (χ4n) is 4.26. The van der Waals surface area contributed by atoms with Crippen LogP contribution < -0.4 is 20.3 Å². The zero-order chi connectivity index (χ0) is 27.9. The number of halogens is 3. The summed E-state index contributed by atoms with van der Waals surface area (Å²) in [6.07, 6.45) is 2.76. The predicted molar refractivity (Wildman–Crippen MR) is 151 cm³/mol. The van der Waals surface area contributed by atoms with Gasteiger partial charge in [0, 0.05) is 49.3 Å². The molecule has 0 radical (unpaired) electrons. The summed E-state index contributed by atoms with van der Waals surface area (Å²) in [4.78, 5) is 12.5. The van der Waals surface area contributed by atoms with Gasteiger partial charge in [-0.05, 0) is 64.1 Å². The number of aromatic nitrogens is 2. The maximum atomic E-state index is 14.9. The number of hydrogen-bond donors (Lipinski definition) is 3. The van der Waals surface area contributed by atoms with Gasteiger partial charge >= 0.3 is 0 Å². The normalized spacial score (nSPS) is 17.1. The highest BCUT2D eigenvalue weighted by Crippen LogP contribution is 2.44. The first-order valence-electron chi connectivity index (χ1n) is 12.6. The van der Waals surface area contributed by atoms with E-state index in [1.165, 1.54) is 12.1 Å². The van der Waals surface area contributed by atoms with Crippen LogP contribution in [0.2, 0.25) is 5.02 Å². The van der Waals surface area contributed by atoms with Crippen LogP contribution in [-0.4, -0.2) is 61.3 Å². The second kappa shape index (κ2) is 10.4. The molecule has 0 atom stereocenters. The molecule has 1 saturated heterocycles. The summed E-state index contributed by atoms with van der Waals surface area (Å²) in [6.45, 7) is 6.03. The lowest BCUT2D eigenvalue weighted by molar-refractivity contribution is 0.310. The van der Waals surface area contributed by atoms with Crippen molar-refractivity contribution in [1.29, 1.82) is 0 Å². The van der Waals surface area contributed by atoms with Gasteiger partial charge in [-0.2, -0.15) is 4.98 Å². The van der Waals surface area contributed by atoms with E-state index in [0.717, 1.165) is 13.1 Å². The van der Waals surface area contributed by atoms with E-state index in [2.05, 4.69) is 30.2 Å². The van der Waals surface area contributed by atoms with Crippen molar-refractivity contribution in [2.45, 2.75) is 31.4 Å². The summed E-state index contributed by atoms with van der Waals surface area (Å²) in [5, 5.41) is 6.27. The molecule has 0 amide bonds. The molecule has 0 bridgehead atoms. The van der Waals surface area contributed by atoms with Crippen LogP contribution in [0.1, 0.15) is 25.3 Å². The average molecular weight is 578 g/mol. The Morgan fingerprint density at radius 3 is 2.31 bits per heavy atom. The molecule has 2 heterocycles. The van der Waals surface area contributed by atoms with Crippen molar-refractivity contribution in [3.05, 3.63) is 58.7 Å². The Morgan fingerprint density at radius 2 is 1.67 bits per heavy atom. The molecule has 39 heavy (non-hydrogen) atoms. The molecule has 1 saturated carbocycles. The Bertz CT molecular complexity index is 1490. The summed E-state index contributed by atoms with van der Waals surface area (Å²) in [5.74, 6) is -0.772. The lowest BCUT2D eigenvalue weighted by Gasteiger charge is -2.34. The highest BCUT2D eigenvalue weighted by molar-refractivity contribution is 7.94. The van der Waals surface area contributed by atoms with Crippen molar-refractivity contribution in [1.82, 2.24) is 14.9 Å². The Balaban J connectivity index is 1.33. The van der Waals surface area contributed by atoms with E-state index in [0.29, 0.717) is 43.0 Å². The minimum atomic E-state index is -3.59. The van der Waals surface area contributed by atoms with Gasteiger partial charge in [-0.15, -0.1) is 0 Å². The number of nitrogens with one attached hydrogen (secondary N) is 3. The fourth-order valence-corrected chi connectivity index (χ4v) is 5.82. The van der Waals surface area contributed by atoms with Gasteiger partial charge in [-0.3, -0.25) is 4.72 Å². The summed E-state index contributed by atoms with van der Waals surface area (Å²) >= 11 is 6.26. The van der Waals surface area contributed by atoms with Gasteiger partial charge in [-0.25, -0.2) is 22.2 Å². The lowest BCUT2D eigenvalue weighted by atomic mass is 10.2. The summed E-state index contributed by atoms with van der Waals surface area (Å²) in [6, 6.07) is 7.31. The number of aryl methyl sites for hydroxylation is 1. The quantitative estimate of drug-likeness (QED) is 0.334. The van der Waals surface area contributed by atoms with Gasteiger partial charge in [0.1, 0.15) is 11.5 Å². The Kier molecular flexibility index (Phi) is 7.29. The first-order valence-corrected chi connectivity index (χ1v) is 14.4. The monoisotopic (exact) mass is 577 g/mol. The molecule has 3 N–H and O–H groups in total. The lowest BCUT2D eigenvalue weighted by Crippen LogP contribution is -2.45. The van der Waals surface area contributed by atoms with Crippen LogP contribution in [0.25, 0.3) is 0 Å². The zero-order valence-corrected chi connectivity index (χ0v) is 23.4. The van der Waals surface area contributed by atoms with Crippen molar-refractivity contribution in [2.75, 3.05) is 53.5 Å². The summed E-state index contributed by atoms with van der Waals surface area (Å²) < 4.78 is 57.0. The predicted octanol–water partition coefficient (Wildman–Crippen LogP) is 5.25. The molecule has 1 aromatic heterocycles. The number of rotatable bonds is 8. The molecule has 2 aliphatic rings. The maximum Gasteiger partial charge on any atom is 0.238 e. The molecule has 1 aliphatic carbocycles. The molecule has 5 rings (SSSR count). The Hall–Kier alpha value is -3.22. The van der Waals surface area contributed by atoms with Crippen molar-refractivity contribution >= 4 is 56.1 Å². The average Bonchev–Trinajstić information content (AvgIpc) is 3.63. The van der Waals surface area contributed by atoms with E-state index in [-0.39, 0.29) is 28.0 Å². The van der Waals surface area contributed by atoms with Crippen LogP contribution >= 0.6 is 11.6 Å². The highest BCUT2D eigenvalue weighted by atomic mass is 35.5. The van der Waals surface area contributed by atoms with Gasteiger partial charge in [0.05, 0.1) is 15.5 Å². The van der Waals surface area contributed by atoms with Crippen LogP contribution in [0, 0.1) is 18.6 Å². The van der Waals surface area contributed by atoms with Gasteiger partial charge in [0.15, 0.2) is 11.6 Å². The van der Waals surface area contributed by atoms with Crippen molar-refractivity contribution < 1.29 is 17.2 Å². The zero-order valence-electron chi connectivity index (χ0n) is 21.9. The van der Waals surface area contributed by atoms with Gasteiger partial charge in [0.25, 0.3) is 0 Å². The third kappa shape index (κ3) is 5.87. The van der Waals surface area contributed by atoms with E-state index in [1.54, 1.807) is 43.1 Å². The largest absolute Gasteiger partial charge is 0.364 e. The number of hydrogen-bond acceptors (Lipinski definition) is 8. The third-order valence-electron chi connectivity index (χ3n) is 7.14. The van der Waals surface area contributed by atoms with E-state index in [4.69, 9.17) is 11.6 Å². The topological polar surface area (TPSA) is 102 Å². The molecule has 0 spiro atoms. The first kappa shape index (κ1) is 27.4. The standard InChI is InChI=1S/C26H30ClF2N7O2S/c1-16-15-30-25(32-18-12-20(28)23(21(29)13-18)36-10-8-35(3)9-11-36)33-24(16)31-17-4-5-19(27)22(14-17)34-39(37,38)26(2)6-7-26/h4-5,12-15,34H,6-11H2,1-3H3,(H2,30,31,32,33). The van der Waals surface area contributed by atoms with Gasteiger partial charge in [-0.1, -0.05) is 11.6 Å². The van der Waals surface area contributed by atoms with Gasteiger partial charge in [0.2, 0.25) is 16.0 Å². The van der Waals surface area contributed by atoms with Crippen LogP contribution in [-0.2, 0) is 10.0 Å². The number of likely N-dealkylation sites (N-methyl/N-ethyl adjacent to an activating group) is 1. The minimum absolute atomic E-state index is 0.0364. The number of anilines is 6. The third-order valence-corrected chi connectivity index (χ3v) is 9.66. The fraction of sp³-hybridized carbons (Fsp3) is 0.385. The van der Waals surface area contributed by atoms with Crippen LogP contribution in [0.4, 0.5) is 43.3 Å². The number of nitrogens with zero attached hydrogens (tertiary/aromatic N) is 4. The van der Waals surface area contributed by atoms with Crippen molar-refractivity contribution in [2.24, 2.45) is 0 Å². The SMILES string of the molecule is Cc1cnc(Nc2cc(F)c(N3CCN(C)CC3)c(F)c2)nc1Nc1ccc(Cl)c(NS(=O)(=O)C2(C)CC2)c1. The summed E-state index contributed by atoms with van der Waals surface area (Å²) in [7, 11) is -1.61. The smallest absolute Gasteiger partial charge is 0.238 e. The molecule has 208 valence electrons. The second-order valence-corrected chi connectivity index (χ2v) is 12.9. The van der Waals surface area contributed by atoms with Crippen LogP contribution in [0.5, 0.6) is 0 Å².